The molecule has 0 heterocycles. The summed E-state index contributed by atoms with van der Waals surface area (Å²) in [6.45, 7) is 4.05. The third-order valence-corrected chi connectivity index (χ3v) is 5.48. The molecule has 0 saturated heterocycles. The van der Waals surface area contributed by atoms with E-state index < -0.39 is 23.3 Å². The van der Waals surface area contributed by atoms with Crippen LogP contribution < -0.4 is 0 Å². The van der Waals surface area contributed by atoms with E-state index in [0.717, 1.165) is 40.8 Å². The van der Waals surface area contributed by atoms with E-state index in [-0.39, 0.29) is 11.1 Å². The summed E-state index contributed by atoms with van der Waals surface area (Å²) in [5.41, 5.74) is 5.38. The van der Waals surface area contributed by atoms with Gasteiger partial charge in [0.1, 0.15) is 5.82 Å². The molecule has 0 aliphatic rings. The predicted octanol–water partition coefficient (Wildman–Crippen LogP) is 7.85. The molecule has 33 heavy (non-hydrogen) atoms. The Kier molecular flexibility index (Phi) is 6.33. The van der Waals surface area contributed by atoms with E-state index in [2.05, 4.69) is 11.8 Å². The summed E-state index contributed by atoms with van der Waals surface area (Å²) < 4.78 is 55.2. The topological polar surface area (TPSA) is 0 Å². The highest BCUT2D eigenvalue weighted by atomic mass is 19.2. The average Bonchev–Trinajstić information content (AvgIpc) is 2.81. The first-order chi connectivity index (χ1) is 15.9. The minimum Gasteiger partial charge on any atom is -0.206 e. The van der Waals surface area contributed by atoms with Crippen LogP contribution in [-0.2, 0) is 6.42 Å². The Hall–Kier alpha value is -3.84. The lowest BCUT2D eigenvalue weighted by Crippen LogP contribution is -1.94. The molecular formula is C29H20F4. The summed E-state index contributed by atoms with van der Waals surface area (Å²) in [5.74, 6) is 1.44. The van der Waals surface area contributed by atoms with Gasteiger partial charge < -0.3 is 0 Å². The molecule has 0 atom stereocenters. The van der Waals surface area contributed by atoms with Crippen molar-refractivity contribution >= 4 is 0 Å². The number of aryl methyl sites for hydroxylation is 2. The maximum atomic E-state index is 14.8. The molecule has 0 bridgehead atoms. The maximum absolute atomic E-state index is 14.8. The molecule has 0 fully saturated rings. The van der Waals surface area contributed by atoms with Gasteiger partial charge in [0.25, 0.3) is 0 Å². The Morgan fingerprint density at radius 3 is 1.88 bits per heavy atom. The molecule has 164 valence electrons. The third kappa shape index (κ3) is 4.83. The molecule has 4 rings (SSSR count). The summed E-state index contributed by atoms with van der Waals surface area (Å²) in [6.07, 6.45) is 0.750. The van der Waals surface area contributed by atoms with E-state index in [1.165, 1.54) is 17.7 Å². The van der Waals surface area contributed by atoms with Crippen molar-refractivity contribution in [2.75, 3.05) is 0 Å². The van der Waals surface area contributed by atoms with Crippen LogP contribution in [0.4, 0.5) is 17.6 Å². The van der Waals surface area contributed by atoms with Crippen molar-refractivity contribution in [2.24, 2.45) is 0 Å². The normalized spacial score (nSPS) is 10.6. The van der Waals surface area contributed by atoms with Crippen molar-refractivity contribution < 1.29 is 17.6 Å². The minimum atomic E-state index is -1.58. The Bertz CT molecular complexity index is 1370. The fourth-order valence-corrected chi connectivity index (χ4v) is 3.60. The summed E-state index contributed by atoms with van der Waals surface area (Å²) in [4.78, 5) is 0. The van der Waals surface area contributed by atoms with E-state index in [1.807, 2.05) is 56.3 Å². The zero-order valence-corrected chi connectivity index (χ0v) is 18.1. The molecular weight excluding hydrogens is 424 g/mol. The first-order valence-corrected chi connectivity index (χ1v) is 10.5. The van der Waals surface area contributed by atoms with Gasteiger partial charge in [0.05, 0.1) is 0 Å². The smallest absolute Gasteiger partial charge is 0.194 e. The van der Waals surface area contributed by atoms with Gasteiger partial charge >= 0.3 is 0 Å². The zero-order valence-electron chi connectivity index (χ0n) is 18.1. The summed E-state index contributed by atoms with van der Waals surface area (Å²) in [6, 6.07) is 19.7. The van der Waals surface area contributed by atoms with E-state index >= 15 is 0 Å². The largest absolute Gasteiger partial charge is 0.206 e. The molecule has 4 aromatic rings. The van der Waals surface area contributed by atoms with Gasteiger partial charge in [-0.05, 0) is 78.1 Å². The maximum Gasteiger partial charge on any atom is 0.194 e. The lowest BCUT2D eigenvalue weighted by molar-refractivity contribution is 0.447. The van der Waals surface area contributed by atoms with Crippen molar-refractivity contribution in [3.05, 3.63) is 118 Å². The Balaban J connectivity index is 1.66. The van der Waals surface area contributed by atoms with E-state index in [0.29, 0.717) is 5.56 Å². The van der Waals surface area contributed by atoms with Crippen molar-refractivity contribution in [1.82, 2.24) is 0 Å². The molecule has 0 amide bonds. The van der Waals surface area contributed by atoms with Gasteiger partial charge in [-0.15, -0.1) is 0 Å². The van der Waals surface area contributed by atoms with Crippen LogP contribution in [0.1, 0.15) is 29.2 Å². The summed E-state index contributed by atoms with van der Waals surface area (Å²) in [5, 5.41) is 0. The van der Waals surface area contributed by atoms with Gasteiger partial charge in [-0.25, -0.2) is 17.6 Å². The SMILES string of the molecule is CCc1cc(-c2ccc(-c3cc(F)c(F)c(F)c3)c(F)c2)ccc1C#Cc1ccc(C)cc1. The molecule has 0 radical (unpaired) electrons. The lowest BCUT2D eigenvalue weighted by atomic mass is 9.95. The van der Waals surface area contributed by atoms with Crippen LogP contribution in [0, 0.1) is 42.0 Å². The van der Waals surface area contributed by atoms with Crippen molar-refractivity contribution in [3.8, 4) is 34.1 Å². The quantitative estimate of drug-likeness (QED) is 0.171. The van der Waals surface area contributed by atoms with Gasteiger partial charge in [0, 0.05) is 16.7 Å². The fourth-order valence-electron chi connectivity index (χ4n) is 3.60. The van der Waals surface area contributed by atoms with E-state index in [9.17, 15) is 17.6 Å². The zero-order chi connectivity index (χ0) is 23.5. The van der Waals surface area contributed by atoms with E-state index in [4.69, 9.17) is 0 Å². The second kappa shape index (κ2) is 9.34. The third-order valence-electron chi connectivity index (χ3n) is 5.48. The number of benzene rings is 4. The van der Waals surface area contributed by atoms with Crippen LogP contribution in [0.2, 0.25) is 0 Å². The first-order valence-electron chi connectivity index (χ1n) is 10.5. The van der Waals surface area contributed by atoms with Gasteiger partial charge in [-0.3, -0.25) is 0 Å². The predicted molar refractivity (Wildman–Crippen MR) is 124 cm³/mol. The number of halogens is 4. The number of hydrogen-bond donors (Lipinski definition) is 0. The molecule has 0 aliphatic carbocycles. The molecule has 0 unspecified atom stereocenters. The average molecular weight is 444 g/mol. The van der Waals surface area contributed by atoms with Gasteiger partial charge in [0.2, 0.25) is 0 Å². The molecule has 0 N–H and O–H groups in total. The highest BCUT2D eigenvalue weighted by Gasteiger charge is 2.15. The van der Waals surface area contributed by atoms with Crippen LogP contribution in [-0.4, -0.2) is 0 Å². The molecule has 4 heteroatoms. The van der Waals surface area contributed by atoms with Crippen molar-refractivity contribution in [2.45, 2.75) is 20.3 Å². The number of hydrogen-bond acceptors (Lipinski definition) is 0. The highest BCUT2D eigenvalue weighted by molar-refractivity contribution is 5.72. The molecule has 0 saturated carbocycles. The van der Waals surface area contributed by atoms with Crippen LogP contribution in [0.25, 0.3) is 22.3 Å². The standard InChI is InChI=1S/C29H20F4/c1-3-20-14-22(11-10-21(20)9-8-19-6-4-18(2)5-7-19)23-12-13-25(26(30)15-23)24-16-27(31)29(33)28(32)17-24/h4-7,10-17H,3H2,1-2H3. The molecule has 0 aliphatic heterocycles. The van der Waals surface area contributed by atoms with Crippen LogP contribution >= 0.6 is 0 Å². The summed E-state index contributed by atoms with van der Waals surface area (Å²) >= 11 is 0. The fraction of sp³-hybridized carbons (Fsp3) is 0.103. The van der Waals surface area contributed by atoms with Crippen LogP contribution in [0.5, 0.6) is 0 Å². The Labute approximate surface area is 190 Å². The molecule has 0 nitrogen and oxygen atoms in total. The minimum absolute atomic E-state index is 0.00662. The van der Waals surface area contributed by atoms with Gasteiger partial charge in [-0.1, -0.05) is 54.7 Å². The molecule has 0 aromatic heterocycles. The molecule has 0 spiro atoms. The monoisotopic (exact) mass is 444 g/mol. The van der Waals surface area contributed by atoms with Crippen molar-refractivity contribution in [3.63, 3.8) is 0 Å². The second-order valence-electron chi connectivity index (χ2n) is 7.79. The molecule has 4 aromatic carbocycles. The van der Waals surface area contributed by atoms with Crippen LogP contribution in [0.3, 0.4) is 0 Å². The lowest BCUT2D eigenvalue weighted by Gasteiger charge is -2.10. The van der Waals surface area contributed by atoms with Gasteiger partial charge in [-0.2, -0.15) is 0 Å². The van der Waals surface area contributed by atoms with Crippen LogP contribution in [0.15, 0.2) is 72.8 Å². The first kappa shape index (κ1) is 22.4. The number of rotatable bonds is 3. The second-order valence-corrected chi connectivity index (χ2v) is 7.79. The van der Waals surface area contributed by atoms with E-state index in [1.54, 1.807) is 6.07 Å². The Morgan fingerprint density at radius 1 is 0.636 bits per heavy atom. The Morgan fingerprint density at radius 2 is 1.24 bits per heavy atom. The summed E-state index contributed by atoms with van der Waals surface area (Å²) in [7, 11) is 0. The van der Waals surface area contributed by atoms with Crippen molar-refractivity contribution in [1.29, 1.82) is 0 Å². The van der Waals surface area contributed by atoms with Gasteiger partial charge in [0.15, 0.2) is 17.5 Å². The highest BCUT2D eigenvalue weighted by Crippen LogP contribution is 2.30.